The number of hydrogen-bond donors (Lipinski definition) is 0. The molecule has 0 spiro atoms. The smallest absolute Gasteiger partial charge is 0.184 e. The molecule has 0 heterocycles. The van der Waals surface area contributed by atoms with E-state index in [1.807, 2.05) is 0 Å². The van der Waals surface area contributed by atoms with Gasteiger partial charge in [0.15, 0.2) is 0 Å². The number of benzene rings is 8. The van der Waals surface area contributed by atoms with Gasteiger partial charge in [0.2, 0.25) is 0 Å². The first kappa shape index (κ1) is 52.0. The Balaban J connectivity index is 0.000000188. The Morgan fingerprint density at radius 3 is 0.606 bits per heavy atom. The summed E-state index contributed by atoms with van der Waals surface area (Å²) < 4.78 is 0. The molecule has 10 rings (SSSR count). The van der Waals surface area contributed by atoms with E-state index in [0.29, 0.717) is 0 Å². The maximum absolute atomic E-state index is 3.22. The SMILES string of the molecule is CC(C)(C)[c-]1cc(P(c2cc[c-]cc2)c2ccccc2)c(P(c2ccccc2)c2ccccc2)c1.CC(C)(C)[c-]1cc(P(c2ccccc2)c2ccccc2)c(P(c2ccccc2)c2ccccc2)c1.[Fe+2]. The summed E-state index contributed by atoms with van der Waals surface area (Å²) in [7, 11) is -2.79. The zero-order valence-electron chi connectivity index (χ0n) is 41.5. The Labute approximate surface area is 439 Å². The molecule has 1 atom stereocenters. The first-order valence-corrected chi connectivity index (χ1v) is 29.6. The van der Waals surface area contributed by atoms with Gasteiger partial charge < -0.3 is 0 Å². The summed E-state index contributed by atoms with van der Waals surface area (Å²) in [4.78, 5) is 0. The fraction of sp³-hybridized carbons (Fsp3) is 0.121. The molecule has 0 amide bonds. The molecule has 5 heteroatoms. The number of hydrogen-bond acceptors (Lipinski definition) is 0. The molecule has 0 saturated heterocycles. The van der Waals surface area contributed by atoms with Crippen LogP contribution in [0.25, 0.3) is 0 Å². The second-order valence-electron chi connectivity index (χ2n) is 19.5. The molecule has 10 aromatic carbocycles. The fourth-order valence-corrected chi connectivity index (χ4v) is 19.4. The van der Waals surface area contributed by atoms with E-state index in [4.69, 9.17) is 0 Å². The molecular weight excluding hydrogens is 972 g/mol. The van der Waals surface area contributed by atoms with Crippen LogP contribution in [0.3, 0.4) is 0 Å². The van der Waals surface area contributed by atoms with Gasteiger partial charge in [-0.1, -0.05) is 288 Å². The molecule has 354 valence electrons. The molecule has 0 nitrogen and oxygen atoms in total. The summed E-state index contributed by atoms with van der Waals surface area (Å²) in [5.41, 5.74) is 2.98. The van der Waals surface area contributed by atoms with Crippen LogP contribution in [-0.4, -0.2) is 0 Å². The van der Waals surface area contributed by atoms with Gasteiger partial charge in [0, 0.05) is 0 Å². The van der Waals surface area contributed by atoms with E-state index in [1.165, 1.54) is 74.8 Å². The molecule has 0 N–H and O–H groups in total. The molecule has 10 aromatic rings. The molecule has 0 saturated carbocycles. The second-order valence-corrected chi connectivity index (χ2v) is 28.2. The Morgan fingerprint density at radius 2 is 0.437 bits per heavy atom. The predicted molar refractivity (Wildman–Crippen MR) is 315 cm³/mol. The minimum absolute atomic E-state index is 0. The van der Waals surface area contributed by atoms with Crippen LogP contribution in [0.5, 0.6) is 0 Å². The zero-order valence-corrected chi connectivity index (χ0v) is 46.2. The van der Waals surface area contributed by atoms with Crippen molar-refractivity contribution in [2.24, 2.45) is 0 Å². The van der Waals surface area contributed by atoms with Crippen LogP contribution in [0.1, 0.15) is 52.7 Å². The maximum Gasteiger partial charge on any atom is 2.00 e. The minimum atomic E-state index is -0.710. The number of rotatable bonds is 12. The zero-order chi connectivity index (χ0) is 48.5. The molecule has 0 aliphatic heterocycles. The summed E-state index contributed by atoms with van der Waals surface area (Å²) in [6, 6.07) is 99.4. The van der Waals surface area contributed by atoms with Crippen LogP contribution in [0.4, 0.5) is 0 Å². The van der Waals surface area contributed by atoms with Crippen molar-refractivity contribution in [1.29, 1.82) is 0 Å². The van der Waals surface area contributed by atoms with Gasteiger partial charge in [-0.2, -0.15) is 86.9 Å². The van der Waals surface area contributed by atoms with Crippen LogP contribution in [-0.2, 0) is 27.9 Å². The molecule has 0 aliphatic rings. The van der Waals surface area contributed by atoms with E-state index in [2.05, 4.69) is 308 Å². The summed E-state index contributed by atoms with van der Waals surface area (Å²) >= 11 is 0. The van der Waals surface area contributed by atoms with Gasteiger partial charge in [0.05, 0.1) is 0 Å². The Kier molecular flexibility index (Phi) is 17.6. The first-order chi connectivity index (χ1) is 34.0. The van der Waals surface area contributed by atoms with Crippen molar-refractivity contribution in [1.82, 2.24) is 0 Å². The van der Waals surface area contributed by atoms with Crippen molar-refractivity contribution in [2.75, 3.05) is 0 Å². The molecule has 71 heavy (non-hydrogen) atoms. The third-order valence-electron chi connectivity index (χ3n) is 12.4. The average Bonchev–Trinajstić information content (AvgIpc) is 4.04. The van der Waals surface area contributed by atoms with Crippen LogP contribution in [0, 0.1) is 6.07 Å². The third-order valence-corrected chi connectivity index (χ3v) is 22.7. The average molecular weight is 1030 g/mol. The van der Waals surface area contributed by atoms with Crippen LogP contribution in [0.2, 0.25) is 0 Å². The summed E-state index contributed by atoms with van der Waals surface area (Å²) in [5, 5.41) is 17.1. The van der Waals surface area contributed by atoms with Crippen molar-refractivity contribution in [3.63, 3.8) is 0 Å². The van der Waals surface area contributed by atoms with Gasteiger partial charge in [-0.25, -0.2) is 0 Å². The molecule has 1 unspecified atom stereocenters. The Morgan fingerprint density at radius 1 is 0.268 bits per heavy atom. The molecule has 0 aliphatic carbocycles. The topological polar surface area (TPSA) is 0 Å². The summed E-state index contributed by atoms with van der Waals surface area (Å²) in [6.07, 6.45) is 0. The third kappa shape index (κ3) is 12.5. The quantitative estimate of drug-likeness (QED) is 0.0650. The monoisotopic (exact) mass is 1030 g/mol. The van der Waals surface area contributed by atoms with E-state index < -0.39 is 31.7 Å². The van der Waals surface area contributed by atoms with Gasteiger partial charge in [-0.3, -0.25) is 0 Å². The fourth-order valence-electron chi connectivity index (χ4n) is 8.83. The molecule has 0 radical (unpaired) electrons. The van der Waals surface area contributed by atoms with Crippen LogP contribution in [0.15, 0.2) is 261 Å². The van der Waals surface area contributed by atoms with E-state index in [0.717, 1.165) is 0 Å². The molecule has 0 aromatic heterocycles. The van der Waals surface area contributed by atoms with Gasteiger partial charge in [0.1, 0.15) is 0 Å². The van der Waals surface area contributed by atoms with E-state index in [-0.39, 0.29) is 27.9 Å². The van der Waals surface area contributed by atoms with Crippen LogP contribution < -0.4 is 63.7 Å². The minimum Gasteiger partial charge on any atom is -0.184 e. The summed E-state index contributed by atoms with van der Waals surface area (Å²) in [5.74, 6) is 0. The van der Waals surface area contributed by atoms with Crippen molar-refractivity contribution in [2.45, 2.75) is 52.4 Å². The Hall–Kier alpha value is -5.30. The van der Waals surface area contributed by atoms with Gasteiger partial charge in [-0.05, 0) is 37.1 Å². The van der Waals surface area contributed by atoms with Crippen molar-refractivity contribution in [3.8, 4) is 0 Å². The summed E-state index contributed by atoms with van der Waals surface area (Å²) in [6.45, 7) is 14.0. The second kappa shape index (κ2) is 23.9. The van der Waals surface area contributed by atoms with Crippen LogP contribution >= 0.6 is 31.7 Å². The van der Waals surface area contributed by atoms with Crippen molar-refractivity contribution in [3.05, 3.63) is 278 Å². The van der Waals surface area contributed by atoms with Crippen molar-refractivity contribution < 1.29 is 17.1 Å². The van der Waals surface area contributed by atoms with Crippen molar-refractivity contribution >= 4 is 95.3 Å². The Bertz CT molecular complexity index is 2560. The molecule has 0 fully saturated rings. The molecule has 0 bridgehead atoms. The van der Waals surface area contributed by atoms with Gasteiger partial charge >= 0.3 is 17.1 Å². The van der Waals surface area contributed by atoms with E-state index >= 15 is 0 Å². The van der Waals surface area contributed by atoms with Gasteiger partial charge in [-0.15, -0.1) is 13.2 Å². The van der Waals surface area contributed by atoms with Gasteiger partial charge in [0.25, 0.3) is 0 Å². The maximum atomic E-state index is 3.22. The predicted octanol–water partition coefficient (Wildman–Crippen LogP) is 12.2. The largest absolute Gasteiger partial charge is 2.00 e. The normalized spacial score (nSPS) is 12.0. The van der Waals surface area contributed by atoms with E-state index in [9.17, 15) is 0 Å². The first-order valence-electron chi connectivity index (χ1n) is 24.2. The molecular formula is C66H61FeP4-. The van der Waals surface area contributed by atoms with E-state index in [1.54, 1.807) is 0 Å². The standard InChI is InChI=1S/C33H31P2.C33H30P2.Fe/c2*1-33(2,3)26-24-31(34(27-16-8-4-9-17-27)28-18-10-5-11-19-28)32(25-26)35(29-20-12-6-13-21-29)30-22-14-7-15-23-30;/h4-25H,1-3H3;4-6,8-25H,1-3H3;/q-1;-2;+2.